The first-order valence-electron chi connectivity index (χ1n) is 10.9. The number of fused-ring (bicyclic) bond motifs is 2. The Balaban J connectivity index is 1.44. The van der Waals surface area contributed by atoms with Crippen molar-refractivity contribution >= 4 is 33.4 Å². The summed E-state index contributed by atoms with van der Waals surface area (Å²) in [6.45, 7) is 4.45. The van der Waals surface area contributed by atoms with E-state index in [1.165, 1.54) is 4.68 Å². The molecule has 0 unspecified atom stereocenters. The van der Waals surface area contributed by atoms with Crippen molar-refractivity contribution in [1.82, 2.24) is 19.7 Å². The number of nitrogens with zero attached hydrogens (tertiary/aromatic N) is 3. The van der Waals surface area contributed by atoms with E-state index in [-0.39, 0.29) is 23.1 Å². The molecule has 7 heteroatoms. The van der Waals surface area contributed by atoms with Crippen LogP contribution in [-0.4, -0.2) is 25.7 Å². The molecule has 0 aliphatic rings. The van der Waals surface area contributed by atoms with Gasteiger partial charge >= 0.3 is 0 Å². The number of para-hydroxylation sites is 2. The standard InChI is InChI=1S/C26H23N5O2/c1-16(2)15-31-26(33)20-8-4-3-7-19(20)23(30-31)25(32)27-18-13-11-17(12-14-18)24-28-21-9-5-6-10-22(21)29-24/h3-14,16H,15H2,1-2H3,(H,27,32)(H,28,29). The van der Waals surface area contributed by atoms with Gasteiger partial charge in [-0.15, -0.1) is 0 Å². The van der Waals surface area contributed by atoms with E-state index < -0.39 is 0 Å². The number of aromatic nitrogens is 4. The SMILES string of the molecule is CC(C)Cn1nc(C(=O)Nc2ccc(-c3nc4ccccc4[nH]3)cc2)c2ccccc2c1=O. The van der Waals surface area contributed by atoms with Crippen LogP contribution in [0.15, 0.2) is 77.6 Å². The Morgan fingerprint density at radius 1 is 0.970 bits per heavy atom. The van der Waals surface area contributed by atoms with Crippen LogP contribution in [0.5, 0.6) is 0 Å². The van der Waals surface area contributed by atoms with Gasteiger partial charge < -0.3 is 10.3 Å². The maximum atomic E-state index is 13.1. The fourth-order valence-electron chi connectivity index (χ4n) is 3.86. The smallest absolute Gasteiger partial charge is 0.276 e. The van der Waals surface area contributed by atoms with E-state index in [2.05, 4.69) is 20.4 Å². The highest BCUT2D eigenvalue weighted by molar-refractivity contribution is 6.11. The van der Waals surface area contributed by atoms with Crippen molar-refractivity contribution in [3.63, 3.8) is 0 Å². The van der Waals surface area contributed by atoms with Crippen LogP contribution in [0, 0.1) is 5.92 Å². The van der Waals surface area contributed by atoms with E-state index in [4.69, 9.17) is 0 Å². The number of benzene rings is 3. The van der Waals surface area contributed by atoms with Gasteiger partial charge in [-0.1, -0.05) is 44.2 Å². The van der Waals surface area contributed by atoms with Gasteiger partial charge in [-0.2, -0.15) is 5.10 Å². The summed E-state index contributed by atoms with van der Waals surface area (Å²) < 4.78 is 1.38. The molecule has 2 aromatic heterocycles. The van der Waals surface area contributed by atoms with Crippen molar-refractivity contribution in [3.8, 4) is 11.4 Å². The van der Waals surface area contributed by atoms with E-state index in [0.717, 1.165) is 22.4 Å². The predicted octanol–water partition coefficient (Wildman–Crippen LogP) is 4.85. The van der Waals surface area contributed by atoms with E-state index in [1.807, 2.05) is 62.4 Å². The van der Waals surface area contributed by atoms with Crippen molar-refractivity contribution in [2.45, 2.75) is 20.4 Å². The largest absolute Gasteiger partial charge is 0.338 e. The summed E-state index contributed by atoms with van der Waals surface area (Å²) in [7, 11) is 0. The van der Waals surface area contributed by atoms with E-state index in [0.29, 0.717) is 23.0 Å². The molecule has 0 atom stereocenters. The lowest BCUT2D eigenvalue weighted by Gasteiger charge is -2.13. The average Bonchev–Trinajstić information content (AvgIpc) is 3.25. The van der Waals surface area contributed by atoms with Crippen LogP contribution in [-0.2, 0) is 6.54 Å². The highest BCUT2D eigenvalue weighted by Gasteiger charge is 2.17. The maximum absolute atomic E-state index is 13.1. The number of rotatable bonds is 5. The first-order valence-corrected chi connectivity index (χ1v) is 10.9. The van der Waals surface area contributed by atoms with Crippen molar-refractivity contribution < 1.29 is 4.79 Å². The number of hydrogen-bond donors (Lipinski definition) is 2. The third kappa shape index (κ3) is 4.01. The maximum Gasteiger partial charge on any atom is 0.276 e. The molecule has 2 heterocycles. The molecular weight excluding hydrogens is 414 g/mol. The van der Waals surface area contributed by atoms with Crippen molar-refractivity contribution in [2.75, 3.05) is 5.32 Å². The number of carbonyl (C=O) groups excluding carboxylic acids is 1. The molecule has 5 rings (SSSR count). The lowest BCUT2D eigenvalue weighted by Crippen LogP contribution is -2.29. The van der Waals surface area contributed by atoms with Gasteiger partial charge in [0, 0.05) is 23.2 Å². The van der Waals surface area contributed by atoms with Crippen molar-refractivity contribution in [1.29, 1.82) is 0 Å². The van der Waals surface area contributed by atoms with Crippen LogP contribution in [0.25, 0.3) is 33.2 Å². The molecule has 0 radical (unpaired) electrons. The first-order chi connectivity index (χ1) is 16.0. The molecule has 33 heavy (non-hydrogen) atoms. The second kappa shape index (κ2) is 8.35. The molecule has 0 aliphatic heterocycles. The molecule has 7 nitrogen and oxygen atoms in total. The topological polar surface area (TPSA) is 92.7 Å². The summed E-state index contributed by atoms with van der Waals surface area (Å²) in [5.74, 6) is 0.626. The van der Waals surface area contributed by atoms with Gasteiger partial charge in [0.2, 0.25) is 0 Å². The lowest BCUT2D eigenvalue weighted by molar-refractivity contribution is 0.102. The molecule has 0 saturated carbocycles. The molecule has 0 saturated heterocycles. The Morgan fingerprint density at radius 3 is 2.39 bits per heavy atom. The van der Waals surface area contributed by atoms with Gasteiger partial charge in [-0.05, 0) is 48.4 Å². The number of amides is 1. The predicted molar refractivity (Wildman–Crippen MR) is 130 cm³/mol. The molecular formula is C26H23N5O2. The van der Waals surface area contributed by atoms with Gasteiger partial charge in [0.25, 0.3) is 11.5 Å². The third-order valence-electron chi connectivity index (χ3n) is 5.43. The number of imidazole rings is 1. The third-order valence-corrected chi connectivity index (χ3v) is 5.43. The Hall–Kier alpha value is -4.26. The Labute approximate surface area is 190 Å². The minimum atomic E-state index is -0.361. The van der Waals surface area contributed by atoms with E-state index in [9.17, 15) is 9.59 Å². The van der Waals surface area contributed by atoms with E-state index in [1.54, 1.807) is 24.3 Å². The van der Waals surface area contributed by atoms with Crippen LogP contribution in [0.2, 0.25) is 0 Å². The number of nitrogens with one attached hydrogen (secondary N) is 2. The molecule has 0 fully saturated rings. The fraction of sp³-hybridized carbons (Fsp3) is 0.154. The Morgan fingerprint density at radius 2 is 1.67 bits per heavy atom. The molecule has 0 aliphatic carbocycles. The normalized spacial score (nSPS) is 11.4. The van der Waals surface area contributed by atoms with Gasteiger partial charge in [0.15, 0.2) is 5.69 Å². The van der Waals surface area contributed by atoms with Gasteiger partial charge in [-0.3, -0.25) is 9.59 Å². The van der Waals surface area contributed by atoms with Crippen LogP contribution in [0.3, 0.4) is 0 Å². The molecule has 1 amide bonds. The summed E-state index contributed by atoms with van der Waals surface area (Å²) >= 11 is 0. The zero-order chi connectivity index (χ0) is 22.9. The molecule has 5 aromatic rings. The zero-order valence-electron chi connectivity index (χ0n) is 18.4. The van der Waals surface area contributed by atoms with Crippen LogP contribution < -0.4 is 10.9 Å². The van der Waals surface area contributed by atoms with Crippen LogP contribution in [0.1, 0.15) is 24.3 Å². The zero-order valence-corrected chi connectivity index (χ0v) is 18.4. The number of carbonyl (C=O) groups is 1. The summed E-state index contributed by atoms with van der Waals surface area (Å²) in [5, 5.41) is 8.34. The van der Waals surface area contributed by atoms with Crippen LogP contribution >= 0.6 is 0 Å². The van der Waals surface area contributed by atoms with Gasteiger partial charge in [0.05, 0.1) is 16.4 Å². The Bertz CT molecular complexity index is 1500. The van der Waals surface area contributed by atoms with Gasteiger partial charge in [-0.25, -0.2) is 9.67 Å². The van der Waals surface area contributed by atoms with Crippen molar-refractivity contribution in [3.05, 3.63) is 88.8 Å². The summed E-state index contributed by atoms with van der Waals surface area (Å²) in [6.07, 6.45) is 0. The molecule has 0 spiro atoms. The minimum Gasteiger partial charge on any atom is -0.338 e. The summed E-state index contributed by atoms with van der Waals surface area (Å²) in [4.78, 5) is 33.9. The summed E-state index contributed by atoms with van der Waals surface area (Å²) in [6, 6.07) is 22.4. The molecule has 0 bridgehead atoms. The minimum absolute atomic E-state index is 0.189. The molecule has 2 N–H and O–H groups in total. The number of hydrogen-bond acceptors (Lipinski definition) is 4. The quantitative estimate of drug-likeness (QED) is 0.411. The van der Waals surface area contributed by atoms with Gasteiger partial charge in [0.1, 0.15) is 5.82 Å². The Kier molecular flexibility index (Phi) is 5.22. The summed E-state index contributed by atoms with van der Waals surface area (Å²) in [5.41, 5.74) is 3.46. The lowest BCUT2D eigenvalue weighted by atomic mass is 10.1. The molecule has 3 aromatic carbocycles. The second-order valence-electron chi connectivity index (χ2n) is 8.41. The van der Waals surface area contributed by atoms with Crippen LogP contribution in [0.4, 0.5) is 5.69 Å². The van der Waals surface area contributed by atoms with Crippen molar-refractivity contribution in [2.24, 2.45) is 5.92 Å². The highest BCUT2D eigenvalue weighted by atomic mass is 16.2. The number of aromatic amines is 1. The fourth-order valence-corrected chi connectivity index (χ4v) is 3.86. The second-order valence-corrected chi connectivity index (χ2v) is 8.41. The number of anilines is 1. The average molecular weight is 438 g/mol. The monoisotopic (exact) mass is 437 g/mol. The van der Waals surface area contributed by atoms with E-state index >= 15 is 0 Å². The number of H-pyrrole nitrogens is 1. The first kappa shape index (κ1) is 20.6. The highest BCUT2D eigenvalue weighted by Crippen LogP contribution is 2.23. The molecule has 164 valence electrons.